The zero-order valence-electron chi connectivity index (χ0n) is 12.7. The number of aryl methyl sites for hydroxylation is 1. The summed E-state index contributed by atoms with van der Waals surface area (Å²) < 4.78 is 5.72. The van der Waals surface area contributed by atoms with Gasteiger partial charge in [0.15, 0.2) is 5.78 Å². The van der Waals surface area contributed by atoms with Gasteiger partial charge in [0.05, 0.1) is 6.10 Å². The van der Waals surface area contributed by atoms with Crippen LogP contribution in [0, 0.1) is 5.92 Å². The Morgan fingerprint density at radius 1 is 1.35 bits per heavy atom. The van der Waals surface area contributed by atoms with Crippen LogP contribution in [0.15, 0.2) is 18.2 Å². The number of ether oxygens (including phenoxy) is 1. The summed E-state index contributed by atoms with van der Waals surface area (Å²) in [7, 11) is 0. The van der Waals surface area contributed by atoms with E-state index in [4.69, 9.17) is 4.74 Å². The molecule has 0 unspecified atom stereocenters. The molecule has 0 saturated carbocycles. The lowest BCUT2D eigenvalue weighted by Crippen LogP contribution is -2.32. The first-order valence-electron chi connectivity index (χ1n) is 7.66. The van der Waals surface area contributed by atoms with Gasteiger partial charge < -0.3 is 10.1 Å². The third kappa shape index (κ3) is 3.60. The van der Waals surface area contributed by atoms with Crippen LogP contribution in [-0.4, -0.2) is 25.0 Å². The molecule has 20 heavy (non-hydrogen) atoms. The van der Waals surface area contributed by atoms with E-state index in [-0.39, 0.29) is 12.0 Å². The summed E-state index contributed by atoms with van der Waals surface area (Å²) in [5.41, 5.74) is 1.99. The molecular formula is C17H25NO2. The third-order valence-corrected chi connectivity index (χ3v) is 3.80. The minimum absolute atomic E-state index is 0.158. The Kier molecular flexibility index (Phi) is 5.18. The number of hydrogen-bond donors (Lipinski definition) is 1. The normalized spacial score (nSPS) is 16.4. The van der Waals surface area contributed by atoms with Crippen LogP contribution in [0.5, 0.6) is 5.75 Å². The molecule has 3 nitrogen and oxygen atoms in total. The largest absolute Gasteiger partial charge is 0.491 e. The van der Waals surface area contributed by atoms with Gasteiger partial charge in [0, 0.05) is 11.5 Å². The average Bonchev–Trinajstić information content (AvgIpc) is 2.46. The van der Waals surface area contributed by atoms with Crippen molar-refractivity contribution < 1.29 is 9.53 Å². The second-order valence-electron chi connectivity index (χ2n) is 5.73. The van der Waals surface area contributed by atoms with Gasteiger partial charge in [0.2, 0.25) is 0 Å². The van der Waals surface area contributed by atoms with E-state index in [2.05, 4.69) is 12.2 Å². The molecule has 110 valence electrons. The minimum Gasteiger partial charge on any atom is -0.491 e. The number of ketones is 1. The number of piperidine rings is 1. The summed E-state index contributed by atoms with van der Waals surface area (Å²) in [4.78, 5) is 12.6. The predicted octanol–water partition coefficient (Wildman–Crippen LogP) is 3.22. The number of nitrogens with one attached hydrogen (secondary N) is 1. The van der Waals surface area contributed by atoms with E-state index >= 15 is 0 Å². The lowest BCUT2D eigenvalue weighted by atomic mass is 9.87. The fourth-order valence-electron chi connectivity index (χ4n) is 2.75. The summed E-state index contributed by atoms with van der Waals surface area (Å²) in [5.74, 6) is 1.34. The van der Waals surface area contributed by atoms with Crippen LogP contribution < -0.4 is 10.1 Å². The van der Waals surface area contributed by atoms with Crippen LogP contribution in [0.3, 0.4) is 0 Å². The molecule has 1 aliphatic rings. The van der Waals surface area contributed by atoms with Crippen molar-refractivity contribution in [1.82, 2.24) is 5.32 Å². The maximum Gasteiger partial charge on any atom is 0.166 e. The lowest BCUT2D eigenvalue weighted by Gasteiger charge is -2.22. The maximum atomic E-state index is 12.6. The standard InChI is InChI=1S/C17H25NO2/c1-4-13-11-15(20-12(2)3)5-6-16(13)17(19)14-7-9-18-10-8-14/h5-6,11-12,14,18H,4,7-10H2,1-3H3. The average molecular weight is 275 g/mol. The molecule has 0 radical (unpaired) electrons. The monoisotopic (exact) mass is 275 g/mol. The van der Waals surface area contributed by atoms with Gasteiger partial charge in [-0.3, -0.25) is 4.79 Å². The zero-order chi connectivity index (χ0) is 14.5. The molecule has 0 spiro atoms. The second-order valence-corrected chi connectivity index (χ2v) is 5.73. The molecule has 0 atom stereocenters. The van der Waals surface area contributed by atoms with Crippen LogP contribution >= 0.6 is 0 Å². The molecule has 2 rings (SSSR count). The first-order valence-corrected chi connectivity index (χ1v) is 7.66. The Labute approximate surface area is 121 Å². The van der Waals surface area contributed by atoms with E-state index in [1.165, 1.54) is 0 Å². The van der Waals surface area contributed by atoms with Crippen molar-refractivity contribution in [2.75, 3.05) is 13.1 Å². The number of rotatable bonds is 5. The van der Waals surface area contributed by atoms with Gasteiger partial charge in [-0.15, -0.1) is 0 Å². The van der Waals surface area contributed by atoms with Gasteiger partial charge in [0.25, 0.3) is 0 Å². The van der Waals surface area contributed by atoms with Crippen LogP contribution in [-0.2, 0) is 6.42 Å². The number of carbonyl (C=O) groups is 1. The van der Waals surface area contributed by atoms with E-state index in [9.17, 15) is 4.79 Å². The summed E-state index contributed by atoms with van der Waals surface area (Å²) in [6.45, 7) is 8.02. The Hall–Kier alpha value is -1.35. The molecule has 1 aliphatic heterocycles. The van der Waals surface area contributed by atoms with E-state index in [1.54, 1.807) is 0 Å². The van der Waals surface area contributed by atoms with Crippen molar-refractivity contribution in [1.29, 1.82) is 0 Å². The van der Waals surface area contributed by atoms with Crippen molar-refractivity contribution >= 4 is 5.78 Å². The van der Waals surface area contributed by atoms with Crippen molar-refractivity contribution in [2.24, 2.45) is 5.92 Å². The van der Waals surface area contributed by atoms with Gasteiger partial charge in [-0.1, -0.05) is 6.92 Å². The Morgan fingerprint density at radius 3 is 2.65 bits per heavy atom. The SMILES string of the molecule is CCc1cc(OC(C)C)ccc1C(=O)C1CCNCC1. The van der Waals surface area contributed by atoms with E-state index in [0.29, 0.717) is 5.78 Å². The van der Waals surface area contributed by atoms with Crippen LogP contribution in [0.4, 0.5) is 0 Å². The van der Waals surface area contributed by atoms with Crippen molar-refractivity contribution in [3.05, 3.63) is 29.3 Å². The summed E-state index contributed by atoms with van der Waals surface area (Å²) in [5, 5.41) is 3.31. The van der Waals surface area contributed by atoms with Crippen molar-refractivity contribution in [2.45, 2.75) is 46.1 Å². The number of hydrogen-bond acceptors (Lipinski definition) is 3. The molecule has 0 aliphatic carbocycles. The van der Waals surface area contributed by atoms with Gasteiger partial charge in [-0.25, -0.2) is 0 Å². The first-order chi connectivity index (χ1) is 9.61. The smallest absolute Gasteiger partial charge is 0.166 e. The molecule has 1 fully saturated rings. The summed E-state index contributed by atoms with van der Waals surface area (Å²) >= 11 is 0. The number of Topliss-reactive ketones (excluding diaryl/α,β-unsaturated/α-hetero) is 1. The molecule has 1 N–H and O–H groups in total. The highest BCUT2D eigenvalue weighted by molar-refractivity contribution is 5.99. The molecule has 0 amide bonds. The van der Waals surface area contributed by atoms with Gasteiger partial charge in [-0.2, -0.15) is 0 Å². The fourth-order valence-corrected chi connectivity index (χ4v) is 2.75. The van der Waals surface area contributed by atoms with E-state index in [1.807, 2.05) is 32.0 Å². The quantitative estimate of drug-likeness (QED) is 0.839. The second kappa shape index (κ2) is 6.89. The highest BCUT2D eigenvalue weighted by atomic mass is 16.5. The first kappa shape index (κ1) is 15.0. The molecule has 1 heterocycles. The molecule has 3 heteroatoms. The fraction of sp³-hybridized carbons (Fsp3) is 0.588. The lowest BCUT2D eigenvalue weighted by molar-refractivity contribution is 0.0894. The Bertz CT molecular complexity index is 462. The molecule has 1 aromatic carbocycles. The third-order valence-electron chi connectivity index (χ3n) is 3.80. The molecular weight excluding hydrogens is 250 g/mol. The number of carbonyl (C=O) groups excluding carboxylic acids is 1. The van der Waals surface area contributed by atoms with Crippen LogP contribution in [0.2, 0.25) is 0 Å². The summed E-state index contributed by atoms with van der Waals surface area (Å²) in [6.07, 6.45) is 2.92. The Morgan fingerprint density at radius 2 is 2.05 bits per heavy atom. The van der Waals surface area contributed by atoms with Crippen LogP contribution in [0.1, 0.15) is 49.5 Å². The van der Waals surface area contributed by atoms with Gasteiger partial charge in [-0.05, 0) is 70.0 Å². The number of benzene rings is 1. The van der Waals surface area contributed by atoms with Crippen molar-refractivity contribution in [3.8, 4) is 5.75 Å². The molecule has 1 aromatic rings. The summed E-state index contributed by atoms with van der Waals surface area (Å²) in [6, 6.07) is 5.89. The molecule has 0 aromatic heterocycles. The Balaban J connectivity index is 2.19. The maximum absolute atomic E-state index is 12.6. The zero-order valence-corrected chi connectivity index (χ0v) is 12.7. The van der Waals surface area contributed by atoms with E-state index < -0.39 is 0 Å². The van der Waals surface area contributed by atoms with Crippen LogP contribution in [0.25, 0.3) is 0 Å². The minimum atomic E-state index is 0.158. The van der Waals surface area contributed by atoms with Crippen molar-refractivity contribution in [3.63, 3.8) is 0 Å². The molecule has 1 saturated heterocycles. The molecule has 0 bridgehead atoms. The van der Waals surface area contributed by atoms with E-state index in [0.717, 1.165) is 49.2 Å². The highest BCUT2D eigenvalue weighted by Gasteiger charge is 2.23. The predicted molar refractivity (Wildman–Crippen MR) is 81.5 cm³/mol. The highest BCUT2D eigenvalue weighted by Crippen LogP contribution is 2.25. The topological polar surface area (TPSA) is 38.3 Å². The van der Waals surface area contributed by atoms with Gasteiger partial charge in [0.1, 0.15) is 5.75 Å². The van der Waals surface area contributed by atoms with Gasteiger partial charge >= 0.3 is 0 Å².